The SMILES string of the molecule is CCOC(=O)CCCCCOC(=O)c1ccc(N)cc1N. The topological polar surface area (TPSA) is 105 Å². The van der Waals surface area contributed by atoms with Crippen LogP contribution in [0.1, 0.15) is 43.0 Å². The fourth-order valence-electron chi connectivity index (χ4n) is 1.79. The average Bonchev–Trinajstić information content (AvgIpc) is 2.42. The lowest BCUT2D eigenvalue weighted by Gasteiger charge is -2.07. The maximum absolute atomic E-state index is 11.8. The average molecular weight is 294 g/mol. The van der Waals surface area contributed by atoms with Crippen molar-refractivity contribution in [2.45, 2.75) is 32.6 Å². The van der Waals surface area contributed by atoms with Gasteiger partial charge in [-0.25, -0.2) is 4.79 Å². The first-order valence-corrected chi connectivity index (χ1v) is 7.02. The Kier molecular flexibility index (Phi) is 7.08. The van der Waals surface area contributed by atoms with E-state index in [9.17, 15) is 9.59 Å². The van der Waals surface area contributed by atoms with Gasteiger partial charge in [0.15, 0.2) is 0 Å². The molecule has 1 aromatic carbocycles. The van der Waals surface area contributed by atoms with Gasteiger partial charge >= 0.3 is 11.9 Å². The number of anilines is 2. The molecule has 0 atom stereocenters. The van der Waals surface area contributed by atoms with E-state index in [0.717, 1.165) is 12.8 Å². The third-order valence-corrected chi connectivity index (χ3v) is 2.86. The van der Waals surface area contributed by atoms with Gasteiger partial charge in [0.05, 0.1) is 18.8 Å². The lowest BCUT2D eigenvalue weighted by molar-refractivity contribution is -0.143. The highest BCUT2D eigenvalue weighted by Gasteiger charge is 2.11. The van der Waals surface area contributed by atoms with E-state index in [1.165, 1.54) is 6.07 Å². The van der Waals surface area contributed by atoms with E-state index < -0.39 is 5.97 Å². The molecule has 0 heterocycles. The molecule has 0 radical (unpaired) electrons. The van der Waals surface area contributed by atoms with Crippen LogP contribution in [0.4, 0.5) is 11.4 Å². The minimum atomic E-state index is -0.460. The van der Waals surface area contributed by atoms with Gasteiger partial charge < -0.3 is 20.9 Å². The molecule has 0 aliphatic heterocycles. The molecule has 0 amide bonds. The summed E-state index contributed by atoms with van der Waals surface area (Å²) in [7, 11) is 0. The number of nitrogens with two attached hydrogens (primary N) is 2. The zero-order valence-electron chi connectivity index (χ0n) is 12.3. The number of hydrogen-bond donors (Lipinski definition) is 2. The second kappa shape index (κ2) is 8.84. The third kappa shape index (κ3) is 6.16. The molecule has 0 aliphatic rings. The van der Waals surface area contributed by atoms with E-state index in [-0.39, 0.29) is 5.97 Å². The first-order valence-electron chi connectivity index (χ1n) is 7.02. The summed E-state index contributed by atoms with van der Waals surface area (Å²) in [6.07, 6.45) is 2.61. The molecule has 116 valence electrons. The molecular formula is C15H22N2O4. The van der Waals surface area contributed by atoms with Crippen LogP contribution in [-0.4, -0.2) is 25.2 Å². The number of esters is 2. The van der Waals surface area contributed by atoms with Crippen LogP contribution in [0.15, 0.2) is 18.2 Å². The van der Waals surface area contributed by atoms with Crippen molar-refractivity contribution in [1.29, 1.82) is 0 Å². The van der Waals surface area contributed by atoms with Crippen LogP contribution in [0.3, 0.4) is 0 Å². The van der Waals surface area contributed by atoms with Gasteiger partial charge in [-0.1, -0.05) is 0 Å². The maximum atomic E-state index is 11.8. The van der Waals surface area contributed by atoms with Gasteiger partial charge in [0, 0.05) is 17.8 Å². The molecule has 0 aromatic heterocycles. The summed E-state index contributed by atoms with van der Waals surface area (Å²) in [5, 5.41) is 0. The summed E-state index contributed by atoms with van der Waals surface area (Å²) in [6.45, 7) is 2.48. The summed E-state index contributed by atoms with van der Waals surface area (Å²) < 4.78 is 9.95. The number of hydrogen-bond acceptors (Lipinski definition) is 6. The van der Waals surface area contributed by atoms with Crippen LogP contribution in [0.2, 0.25) is 0 Å². The molecular weight excluding hydrogens is 272 g/mol. The first kappa shape index (κ1) is 16.8. The molecule has 6 nitrogen and oxygen atoms in total. The molecule has 0 saturated carbocycles. The maximum Gasteiger partial charge on any atom is 0.340 e. The number of carbonyl (C=O) groups excluding carboxylic acids is 2. The highest BCUT2D eigenvalue weighted by Crippen LogP contribution is 2.16. The number of carbonyl (C=O) groups is 2. The molecule has 0 bridgehead atoms. The standard InChI is InChI=1S/C15H22N2O4/c1-2-20-14(18)6-4-3-5-9-21-15(19)12-8-7-11(16)10-13(12)17/h7-8,10H,2-6,9,16-17H2,1H3. The predicted molar refractivity (Wildman–Crippen MR) is 80.7 cm³/mol. The highest BCUT2D eigenvalue weighted by atomic mass is 16.5. The van der Waals surface area contributed by atoms with Gasteiger partial charge in [0.1, 0.15) is 0 Å². The van der Waals surface area contributed by atoms with Crippen molar-refractivity contribution in [3.63, 3.8) is 0 Å². The zero-order valence-corrected chi connectivity index (χ0v) is 12.3. The van der Waals surface area contributed by atoms with Crippen molar-refractivity contribution >= 4 is 23.3 Å². The van der Waals surface area contributed by atoms with E-state index in [2.05, 4.69) is 0 Å². The summed E-state index contributed by atoms with van der Waals surface area (Å²) in [5.74, 6) is -0.651. The van der Waals surface area contributed by atoms with Crippen molar-refractivity contribution < 1.29 is 19.1 Å². The van der Waals surface area contributed by atoms with Gasteiger partial charge in [-0.15, -0.1) is 0 Å². The van der Waals surface area contributed by atoms with Gasteiger partial charge in [0.2, 0.25) is 0 Å². The number of nitrogen functional groups attached to an aromatic ring is 2. The zero-order chi connectivity index (χ0) is 15.7. The van der Waals surface area contributed by atoms with E-state index in [1.807, 2.05) is 0 Å². The highest BCUT2D eigenvalue weighted by molar-refractivity contribution is 5.95. The smallest absolute Gasteiger partial charge is 0.340 e. The number of ether oxygens (including phenoxy) is 2. The molecule has 0 unspecified atom stereocenters. The van der Waals surface area contributed by atoms with Crippen molar-refractivity contribution in [2.24, 2.45) is 0 Å². The fraction of sp³-hybridized carbons (Fsp3) is 0.467. The molecule has 21 heavy (non-hydrogen) atoms. The Hall–Kier alpha value is -2.24. The first-order chi connectivity index (χ1) is 10.0. The molecule has 1 aromatic rings. The normalized spacial score (nSPS) is 10.1. The minimum absolute atomic E-state index is 0.191. The molecule has 6 heteroatoms. The van der Waals surface area contributed by atoms with E-state index in [4.69, 9.17) is 20.9 Å². The van der Waals surface area contributed by atoms with Crippen LogP contribution in [0.25, 0.3) is 0 Å². The fourth-order valence-corrected chi connectivity index (χ4v) is 1.79. The Labute approximate surface area is 124 Å². The Morgan fingerprint density at radius 1 is 1.10 bits per heavy atom. The lowest BCUT2D eigenvalue weighted by Crippen LogP contribution is -2.10. The van der Waals surface area contributed by atoms with E-state index >= 15 is 0 Å². The molecule has 4 N–H and O–H groups in total. The van der Waals surface area contributed by atoms with Crippen LogP contribution in [0, 0.1) is 0 Å². The quantitative estimate of drug-likeness (QED) is 0.432. The van der Waals surface area contributed by atoms with Gasteiger partial charge in [-0.05, 0) is 44.4 Å². The van der Waals surface area contributed by atoms with Crippen LogP contribution in [0.5, 0.6) is 0 Å². The van der Waals surface area contributed by atoms with E-state index in [0.29, 0.717) is 43.0 Å². The molecule has 0 fully saturated rings. The Balaban J connectivity index is 2.21. The molecule has 1 rings (SSSR count). The van der Waals surface area contributed by atoms with Gasteiger partial charge in [-0.2, -0.15) is 0 Å². The minimum Gasteiger partial charge on any atom is -0.466 e. The van der Waals surface area contributed by atoms with Crippen LogP contribution >= 0.6 is 0 Å². The van der Waals surface area contributed by atoms with Crippen molar-refractivity contribution in [3.8, 4) is 0 Å². The summed E-state index contributed by atoms with van der Waals surface area (Å²) in [5.41, 5.74) is 12.4. The Morgan fingerprint density at radius 3 is 2.52 bits per heavy atom. The monoisotopic (exact) mass is 294 g/mol. The Morgan fingerprint density at radius 2 is 1.86 bits per heavy atom. The van der Waals surface area contributed by atoms with Crippen molar-refractivity contribution in [1.82, 2.24) is 0 Å². The molecule has 0 aliphatic carbocycles. The Bertz CT molecular complexity index is 489. The summed E-state index contributed by atoms with van der Waals surface area (Å²) in [4.78, 5) is 22.9. The molecule has 0 saturated heterocycles. The number of benzene rings is 1. The number of unbranched alkanes of at least 4 members (excludes halogenated alkanes) is 2. The van der Waals surface area contributed by atoms with Crippen molar-refractivity contribution in [2.75, 3.05) is 24.7 Å². The summed E-state index contributed by atoms with van der Waals surface area (Å²) >= 11 is 0. The van der Waals surface area contributed by atoms with Crippen LogP contribution in [-0.2, 0) is 14.3 Å². The second-order valence-corrected chi connectivity index (χ2v) is 4.60. The van der Waals surface area contributed by atoms with Crippen LogP contribution < -0.4 is 11.5 Å². The van der Waals surface area contributed by atoms with Crippen molar-refractivity contribution in [3.05, 3.63) is 23.8 Å². The van der Waals surface area contributed by atoms with E-state index in [1.54, 1.807) is 19.1 Å². The lowest BCUT2D eigenvalue weighted by atomic mass is 10.1. The molecule has 0 spiro atoms. The second-order valence-electron chi connectivity index (χ2n) is 4.60. The number of rotatable bonds is 8. The van der Waals surface area contributed by atoms with Gasteiger partial charge in [0.25, 0.3) is 0 Å². The largest absolute Gasteiger partial charge is 0.466 e. The summed E-state index contributed by atoms with van der Waals surface area (Å²) in [6, 6.07) is 4.68. The predicted octanol–water partition coefficient (Wildman–Crippen LogP) is 2.13. The third-order valence-electron chi connectivity index (χ3n) is 2.86. The van der Waals surface area contributed by atoms with Gasteiger partial charge in [-0.3, -0.25) is 4.79 Å².